The third-order valence-electron chi connectivity index (χ3n) is 4.41. The molecule has 106 valence electrons. The van der Waals surface area contributed by atoms with Crippen LogP contribution in [0.1, 0.15) is 46.5 Å². The highest BCUT2D eigenvalue weighted by molar-refractivity contribution is 5.41. The van der Waals surface area contributed by atoms with Crippen molar-refractivity contribution in [1.82, 2.24) is 4.57 Å². The molecule has 1 aromatic rings. The predicted molar refractivity (Wildman–Crippen MR) is 80.6 cm³/mol. The van der Waals surface area contributed by atoms with Crippen LogP contribution in [0.15, 0.2) is 23.1 Å². The summed E-state index contributed by atoms with van der Waals surface area (Å²) in [6.45, 7) is 7.39. The van der Waals surface area contributed by atoms with Crippen LogP contribution in [-0.2, 0) is 6.54 Å². The molecule has 0 radical (unpaired) electrons. The number of nitrogens with zero attached hydrogens (tertiary/aromatic N) is 1. The van der Waals surface area contributed by atoms with E-state index in [2.05, 4.69) is 19.2 Å². The maximum absolute atomic E-state index is 11.5. The van der Waals surface area contributed by atoms with Gasteiger partial charge in [-0.1, -0.05) is 13.8 Å². The molecule has 0 spiro atoms. The van der Waals surface area contributed by atoms with Crippen molar-refractivity contribution in [2.24, 2.45) is 11.8 Å². The molecule has 0 saturated heterocycles. The van der Waals surface area contributed by atoms with Gasteiger partial charge >= 0.3 is 0 Å². The van der Waals surface area contributed by atoms with Crippen molar-refractivity contribution in [3.8, 4) is 0 Å². The molecule has 0 aliphatic heterocycles. The number of nitrogens with one attached hydrogen (secondary N) is 1. The first-order valence-electron chi connectivity index (χ1n) is 7.57. The number of pyridine rings is 1. The molecule has 0 unspecified atom stereocenters. The summed E-state index contributed by atoms with van der Waals surface area (Å²) in [5.41, 5.74) is 1.16. The van der Waals surface area contributed by atoms with Crippen LogP contribution in [0.25, 0.3) is 0 Å². The van der Waals surface area contributed by atoms with Gasteiger partial charge in [0.2, 0.25) is 0 Å². The molecule has 0 aromatic carbocycles. The Morgan fingerprint density at radius 1 is 1.26 bits per heavy atom. The zero-order chi connectivity index (χ0) is 13.8. The maximum atomic E-state index is 11.5. The molecule has 1 saturated carbocycles. The van der Waals surface area contributed by atoms with Gasteiger partial charge in [-0.3, -0.25) is 4.79 Å². The van der Waals surface area contributed by atoms with Gasteiger partial charge in [-0.2, -0.15) is 0 Å². The monoisotopic (exact) mass is 262 g/mol. The lowest BCUT2D eigenvalue weighted by Crippen LogP contribution is -2.28. The molecule has 3 heteroatoms. The normalized spacial score (nSPS) is 23.6. The quantitative estimate of drug-likeness (QED) is 0.901. The summed E-state index contributed by atoms with van der Waals surface area (Å²) in [6, 6.07) is 4.13. The highest BCUT2D eigenvalue weighted by Gasteiger charge is 2.23. The van der Waals surface area contributed by atoms with E-state index in [1.165, 1.54) is 25.7 Å². The number of hydrogen-bond acceptors (Lipinski definition) is 2. The van der Waals surface area contributed by atoms with E-state index in [1.807, 2.05) is 19.2 Å². The van der Waals surface area contributed by atoms with Gasteiger partial charge in [0.05, 0.1) is 5.69 Å². The minimum absolute atomic E-state index is 0.0802. The Labute approximate surface area is 116 Å². The van der Waals surface area contributed by atoms with Gasteiger partial charge < -0.3 is 9.88 Å². The first-order valence-corrected chi connectivity index (χ1v) is 7.57. The molecule has 1 aromatic heterocycles. The Morgan fingerprint density at radius 2 is 1.95 bits per heavy atom. The second kappa shape index (κ2) is 6.27. The van der Waals surface area contributed by atoms with E-state index in [9.17, 15) is 4.79 Å². The van der Waals surface area contributed by atoms with Gasteiger partial charge in [0.1, 0.15) is 0 Å². The molecule has 3 nitrogen and oxygen atoms in total. The molecule has 1 fully saturated rings. The van der Waals surface area contributed by atoms with Crippen molar-refractivity contribution in [3.63, 3.8) is 0 Å². The number of aryl methyl sites for hydroxylation is 1. The summed E-state index contributed by atoms with van der Waals surface area (Å²) in [6.07, 6.45) is 7.07. The van der Waals surface area contributed by atoms with Crippen LogP contribution in [0.3, 0.4) is 0 Å². The Hall–Kier alpha value is -1.25. The van der Waals surface area contributed by atoms with Gasteiger partial charge in [0.15, 0.2) is 0 Å². The maximum Gasteiger partial charge on any atom is 0.250 e. The lowest BCUT2D eigenvalue weighted by molar-refractivity contribution is 0.267. The van der Waals surface area contributed by atoms with Gasteiger partial charge in [-0.05, 0) is 50.5 Å². The van der Waals surface area contributed by atoms with E-state index in [-0.39, 0.29) is 5.56 Å². The first kappa shape index (κ1) is 14.2. The minimum atomic E-state index is 0.0802. The number of aromatic nitrogens is 1. The standard InChI is InChI=1S/C16H26N2O/c1-4-18-11-15(9-10-16(18)19)17-14-7-5-13(6-8-14)12(2)3/h9-14,17H,4-8H2,1-3H3. The molecule has 2 rings (SSSR count). The zero-order valence-corrected chi connectivity index (χ0v) is 12.4. The highest BCUT2D eigenvalue weighted by Crippen LogP contribution is 2.31. The number of hydrogen-bond donors (Lipinski definition) is 1. The summed E-state index contributed by atoms with van der Waals surface area (Å²) >= 11 is 0. The molecular weight excluding hydrogens is 236 g/mol. The predicted octanol–water partition coefficient (Wildman–Crippen LogP) is 3.49. The van der Waals surface area contributed by atoms with E-state index in [0.29, 0.717) is 6.04 Å². The van der Waals surface area contributed by atoms with E-state index < -0.39 is 0 Å². The Morgan fingerprint density at radius 3 is 2.53 bits per heavy atom. The second-order valence-corrected chi connectivity index (χ2v) is 6.04. The Kier molecular flexibility index (Phi) is 4.67. The van der Waals surface area contributed by atoms with Gasteiger partial charge in [-0.15, -0.1) is 0 Å². The first-order chi connectivity index (χ1) is 9.10. The van der Waals surface area contributed by atoms with Crippen LogP contribution in [0.5, 0.6) is 0 Å². The van der Waals surface area contributed by atoms with Gasteiger partial charge in [0.25, 0.3) is 5.56 Å². The van der Waals surface area contributed by atoms with E-state index in [0.717, 1.165) is 24.1 Å². The van der Waals surface area contributed by atoms with Gasteiger partial charge in [-0.25, -0.2) is 0 Å². The van der Waals surface area contributed by atoms with Crippen LogP contribution < -0.4 is 10.9 Å². The lowest BCUT2D eigenvalue weighted by atomic mass is 9.79. The molecule has 1 aliphatic carbocycles. The van der Waals surface area contributed by atoms with Crippen molar-refractivity contribution in [1.29, 1.82) is 0 Å². The second-order valence-electron chi connectivity index (χ2n) is 6.04. The highest BCUT2D eigenvalue weighted by atomic mass is 16.1. The fourth-order valence-electron chi connectivity index (χ4n) is 3.03. The summed E-state index contributed by atoms with van der Waals surface area (Å²) in [4.78, 5) is 11.5. The molecule has 1 heterocycles. The lowest BCUT2D eigenvalue weighted by Gasteiger charge is -2.31. The van der Waals surface area contributed by atoms with Crippen molar-refractivity contribution < 1.29 is 0 Å². The summed E-state index contributed by atoms with van der Waals surface area (Å²) in [5.74, 6) is 1.70. The SMILES string of the molecule is CCn1cc(NC2CCC(C(C)C)CC2)ccc1=O. The summed E-state index contributed by atoms with van der Waals surface area (Å²) < 4.78 is 1.75. The minimum Gasteiger partial charge on any atom is -0.381 e. The molecule has 1 aliphatic rings. The smallest absolute Gasteiger partial charge is 0.250 e. The average molecular weight is 262 g/mol. The number of rotatable bonds is 4. The van der Waals surface area contributed by atoms with Crippen LogP contribution in [-0.4, -0.2) is 10.6 Å². The molecule has 19 heavy (non-hydrogen) atoms. The zero-order valence-electron chi connectivity index (χ0n) is 12.4. The summed E-state index contributed by atoms with van der Waals surface area (Å²) in [7, 11) is 0. The fraction of sp³-hybridized carbons (Fsp3) is 0.688. The van der Waals surface area contributed by atoms with Crippen molar-refractivity contribution in [2.75, 3.05) is 5.32 Å². The Balaban J connectivity index is 1.94. The molecule has 0 atom stereocenters. The average Bonchev–Trinajstić information content (AvgIpc) is 2.41. The Bertz CT molecular complexity index is 456. The molecule has 0 bridgehead atoms. The van der Waals surface area contributed by atoms with Crippen molar-refractivity contribution in [3.05, 3.63) is 28.7 Å². The topological polar surface area (TPSA) is 34.0 Å². The van der Waals surface area contributed by atoms with Crippen LogP contribution in [0, 0.1) is 11.8 Å². The third-order valence-corrected chi connectivity index (χ3v) is 4.41. The van der Waals surface area contributed by atoms with E-state index >= 15 is 0 Å². The van der Waals surface area contributed by atoms with Crippen LogP contribution in [0.4, 0.5) is 5.69 Å². The third kappa shape index (κ3) is 3.62. The van der Waals surface area contributed by atoms with E-state index in [1.54, 1.807) is 10.6 Å². The van der Waals surface area contributed by atoms with Crippen molar-refractivity contribution in [2.45, 2.75) is 59.0 Å². The van der Waals surface area contributed by atoms with Crippen LogP contribution in [0.2, 0.25) is 0 Å². The van der Waals surface area contributed by atoms with Crippen LogP contribution >= 0.6 is 0 Å². The van der Waals surface area contributed by atoms with Crippen molar-refractivity contribution >= 4 is 5.69 Å². The molecule has 1 N–H and O–H groups in total. The number of anilines is 1. The van der Waals surface area contributed by atoms with Gasteiger partial charge in [0, 0.05) is 24.8 Å². The molecule has 0 amide bonds. The largest absolute Gasteiger partial charge is 0.381 e. The fourth-order valence-corrected chi connectivity index (χ4v) is 3.03. The van der Waals surface area contributed by atoms with E-state index in [4.69, 9.17) is 0 Å². The summed E-state index contributed by atoms with van der Waals surface area (Å²) in [5, 5.41) is 3.58. The molecular formula is C16H26N2O.